The van der Waals surface area contributed by atoms with Crippen molar-refractivity contribution in [3.63, 3.8) is 0 Å². The first-order chi connectivity index (χ1) is 8.78. The molecule has 0 aliphatic heterocycles. The molecule has 0 spiro atoms. The Balaban J connectivity index is 2.00. The van der Waals surface area contributed by atoms with Crippen LogP contribution in [0.4, 0.5) is 0 Å². The van der Waals surface area contributed by atoms with Crippen molar-refractivity contribution in [2.75, 3.05) is 0 Å². The number of aliphatic hydroxyl groups is 1. The minimum atomic E-state index is 0.0862. The average Bonchev–Trinajstić information content (AvgIpc) is 2.97. The van der Waals surface area contributed by atoms with Crippen LogP contribution in [0, 0.1) is 0 Å². The number of aliphatic hydroxyl groups excluding tert-OH is 1. The predicted octanol–water partition coefficient (Wildman–Crippen LogP) is 1.92. The molecule has 2 aromatic heterocycles. The maximum atomic E-state index is 9.13. The highest BCUT2D eigenvalue weighted by atomic mass is 16.3. The van der Waals surface area contributed by atoms with E-state index in [0.717, 1.165) is 17.5 Å². The summed E-state index contributed by atoms with van der Waals surface area (Å²) in [6.07, 6.45) is 5.76. The van der Waals surface area contributed by atoms with Crippen LogP contribution in [0.25, 0.3) is 10.9 Å². The minimum absolute atomic E-state index is 0.0862. The van der Waals surface area contributed by atoms with Crippen molar-refractivity contribution in [2.24, 2.45) is 7.05 Å². The van der Waals surface area contributed by atoms with E-state index in [0.29, 0.717) is 0 Å². The molecule has 3 aromatic rings. The molecule has 18 heavy (non-hydrogen) atoms. The van der Waals surface area contributed by atoms with Crippen molar-refractivity contribution in [1.29, 1.82) is 0 Å². The SMILES string of the molecule is Cn1cncc1Cn1ccc2cc(CO)ccc21. The molecule has 4 heteroatoms. The lowest BCUT2D eigenvalue weighted by molar-refractivity contribution is 0.282. The van der Waals surface area contributed by atoms with E-state index in [1.165, 1.54) is 11.2 Å². The van der Waals surface area contributed by atoms with Crippen LogP contribution in [0.2, 0.25) is 0 Å². The molecule has 0 unspecified atom stereocenters. The fourth-order valence-electron chi connectivity index (χ4n) is 2.20. The number of hydrogen-bond donors (Lipinski definition) is 1. The first kappa shape index (κ1) is 11.0. The van der Waals surface area contributed by atoms with E-state index in [4.69, 9.17) is 5.11 Å². The third kappa shape index (κ3) is 1.80. The normalized spacial score (nSPS) is 11.2. The quantitative estimate of drug-likeness (QED) is 0.761. The van der Waals surface area contributed by atoms with E-state index in [9.17, 15) is 0 Å². The molecule has 0 bridgehead atoms. The first-order valence-electron chi connectivity index (χ1n) is 5.92. The fourth-order valence-corrected chi connectivity index (χ4v) is 2.20. The van der Waals surface area contributed by atoms with E-state index in [1.54, 1.807) is 0 Å². The summed E-state index contributed by atoms with van der Waals surface area (Å²) < 4.78 is 4.21. The van der Waals surface area contributed by atoms with Gasteiger partial charge in [-0.2, -0.15) is 0 Å². The summed E-state index contributed by atoms with van der Waals surface area (Å²) >= 11 is 0. The molecule has 4 nitrogen and oxygen atoms in total. The van der Waals surface area contributed by atoms with Crippen molar-refractivity contribution in [2.45, 2.75) is 13.2 Å². The van der Waals surface area contributed by atoms with Crippen molar-refractivity contribution < 1.29 is 5.11 Å². The average molecular weight is 241 g/mol. The number of benzene rings is 1. The molecule has 0 radical (unpaired) electrons. The topological polar surface area (TPSA) is 43.0 Å². The summed E-state index contributed by atoms with van der Waals surface area (Å²) in [6.45, 7) is 0.890. The summed E-state index contributed by atoms with van der Waals surface area (Å²) in [7, 11) is 2.00. The molecule has 0 atom stereocenters. The van der Waals surface area contributed by atoms with Crippen molar-refractivity contribution in [3.05, 3.63) is 54.2 Å². The van der Waals surface area contributed by atoms with Crippen LogP contribution in [0.5, 0.6) is 0 Å². The molecule has 2 heterocycles. The zero-order chi connectivity index (χ0) is 12.5. The maximum Gasteiger partial charge on any atom is 0.0946 e. The highest BCUT2D eigenvalue weighted by Gasteiger charge is 2.04. The molecule has 0 fully saturated rings. The molecule has 0 saturated carbocycles. The number of nitrogens with zero attached hydrogens (tertiary/aromatic N) is 3. The van der Waals surface area contributed by atoms with E-state index in [1.807, 2.05) is 36.3 Å². The van der Waals surface area contributed by atoms with Crippen LogP contribution in [0.3, 0.4) is 0 Å². The second-order valence-electron chi connectivity index (χ2n) is 4.49. The van der Waals surface area contributed by atoms with Gasteiger partial charge in [0.05, 0.1) is 25.2 Å². The molecule has 92 valence electrons. The van der Waals surface area contributed by atoms with Crippen LogP contribution in [0.1, 0.15) is 11.3 Å². The van der Waals surface area contributed by atoms with Gasteiger partial charge in [-0.1, -0.05) is 6.07 Å². The van der Waals surface area contributed by atoms with Gasteiger partial charge in [0, 0.05) is 25.0 Å². The Morgan fingerprint density at radius 1 is 1.28 bits per heavy atom. The van der Waals surface area contributed by atoms with Crippen LogP contribution >= 0.6 is 0 Å². The summed E-state index contributed by atoms with van der Waals surface area (Å²) in [4.78, 5) is 4.13. The van der Waals surface area contributed by atoms with Crippen LogP contribution in [0.15, 0.2) is 43.0 Å². The third-order valence-corrected chi connectivity index (χ3v) is 3.27. The number of aromatic nitrogens is 3. The zero-order valence-electron chi connectivity index (χ0n) is 10.2. The molecule has 0 amide bonds. The van der Waals surface area contributed by atoms with Crippen molar-refractivity contribution in [3.8, 4) is 0 Å². The van der Waals surface area contributed by atoms with Crippen LogP contribution in [-0.2, 0) is 20.2 Å². The Kier molecular flexibility index (Phi) is 2.64. The lowest BCUT2D eigenvalue weighted by atomic mass is 10.2. The smallest absolute Gasteiger partial charge is 0.0946 e. The number of fused-ring (bicyclic) bond motifs is 1. The van der Waals surface area contributed by atoms with Gasteiger partial charge in [0.15, 0.2) is 0 Å². The number of rotatable bonds is 3. The number of aryl methyl sites for hydroxylation is 1. The van der Waals surface area contributed by atoms with Gasteiger partial charge in [0.1, 0.15) is 0 Å². The summed E-state index contributed by atoms with van der Waals surface area (Å²) in [6, 6.07) is 8.11. The summed E-state index contributed by atoms with van der Waals surface area (Å²) in [5.41, 5.74) is 3.29. The van der Waals surface area contributed by atoms with Gasteiger partial charge < -0.3 is 14.2 Å². The Morgan fingerprint density at radius 2 is 2.17 bits per heavy atom. The van der Waals surface area contributed by atoms with Crippen molar-refractivity contribution in [1.82, 2.24) is 14.1 Å². The lowest BCUT2D eigenvalue weighted by Crippen LogP contribution is -2.02. The second kappa shape index (κ2) is 4.31. The monoisotopic (exact) mass is 241 g/mol. The van der Waals surface area contributed by atoms with Gasteiger partial charge in [0.25, 0.3) is 0 Å². The van der Waals surface area contributed by atoms with E-state index >= 15 is 0 Å². The van der Waals surface area contributed by atoms with Gasteiger partial charge in [0.2, 0.25) is 0 Å². The predicted molar refractivity (Wildman–Crippen MR) is 70.2 cm³/mol. The molecule has 3 rings (SSSR count). The second-order valence-corrected chi connectivity index (χ2v) is 4.49. The Bertz CT molecular complexity index is 681. The highest BCUT2D eigenvalue weighted by molar-refractivity contribution is 5.80. The van der Waals surface area contributed by atoms with E-state index in [2.05, 4.69) is 27.9 Å². The lowest BCUT2D eigenvalue weighted by Gasteiger charge is -2.06. The molecular formula is C14H15N3O. The molecule has 0 aliphatic rings. The zero-order valence-corrected chi connectivity index (χ0v) is 10.2. The van der Waals surface area contributed by atoms with Gasteiger partial charge in [-0.15, -0.1) is 0 Å². The van der Waals surface area contributed by atoms with E-state index in [-0.39, 0.29) is 6.61 Å². The largest absolute Gasteiger partial charge is 0.392 e. The van der Waals surface area contributed by atoms with Gasteiger partial charge in [-0.3, -0.25) is 0 Å². The summed E-state index contributed by atoms with van der Waals surface area (Å²) in [5, 5.41) is 10.3. The van der Waals surface area contributed by atoms with Gasteiger partial charge in [-0.05, 0) is 29.1 Å². The first-order valence-corrected chi connectivity index (χ1v) is 5.92. The fraction of sp³-hybridized carbons (Fsp3) is 0.214. The number of hydrogen-bond acceptors (Lipinski definition) is 2. The minimum Gasteiger partial charge on any atom is -0.392 e. The van der Waals surface area contributed by atoms with Crippen LogP contribution < -0.4 is 0 Å². The number of imidazole rings is 1. The Labute approximate surface area is 105 Å². The molecule has 0 aliphatic carbocycles. The third-order valence-electron chi connectivity index (χ3n) is 3.27. The molecule has 1 N–H and O–H groups in total. The highest BCUT2D eigenvalue weighted by Crippen LogP contribution is 2.19. The van der Waals surface area contributed by atoms with Crippen molar-refractivity contribution >= 4 is 10.9 Å². The van der Waals surface area contributed by atoms with Gasteiger partial charge >= 0.3 is 0 Å². The van der Waals surface area contributed by atoms with E-state index < -0.39 is 0 Å². The standard InChI is InChI=1S/C14H15N3O/c1-16-10-15-7-13(16)8-17-5-4-12-6-11(9-18)2-3-14(12)17/h2-7,10,18H,8-9H2,1H3. The van der Waals surface area contributed by atoms with Gasteiger partial charge in [-0.25, -0.2) is 4.98 Å². The molecular weight excluding hydrogens is 226 g/mol. The Hall–Kier alpha value is -2.07. The maximum absolute atomic E-state index is 9.13. The molecule has 1 aromatic carbocycles. The summed E-state index contributed by atoms with van der Waals surface area (Å²) in [5.74, 6) is 0. The van der Waals surface area contributed by atoms with Crippen LogP contribution in [-0.4, -0.2) is 19.2 Å². The molecule has 0 saturated heterocycles. The Morgan fingerprint density at radius 3 is 2.89 bits per heavy atom.